The molecule has 5 nitrogen and oxygen atoms in total. The maximum Gasteiger partial charge on any atom is 0.189 e. The Kier molecular flexibility index (Phi) is 3.35. The number of nitrogens with zero attached hydrogens (tertiary/aromatic N) is 2. The lowest BCUT2D eigenvalue weighted by Crippen LogP contribution is -2.10. The minimum atomic E-state index is -1.07. The Hall–Kier alpha value is -2.73. The molecule has 1 fully saturated rings. The highest BCUT2D eigenvalue weighted by Gasteiger charge is 2.45. The van der Waals surface area contributed by atoms with Gasteiger partial charge in [0.15, 0.2) is 11.6 Å². The molecule has 0 radical (unpaired) electrons. The summed E-state index contributed by atoms with van der Waals surface area (Å²) in [5, 5.41) is 0. The molecule has 2 atom stereocenters. The Morgan fingerprint density at radius 1 is 1.29 bits per heavy atom. The summed E-state index contributed by atoms with van der Waals surface area (Å²) in [4.78, 5) is 16.7. The topological polar surface area (TPSA) is 86.4 Å². The van der Waals surface area contributed by atoms with Crippen LogP contribution in [0.15, 0.2) is 42.6 Å². The highest BCUT2D eigenvalue weighted by molar-refractivity contribution is 6.03. The molecular formula is C18H17FN4O. The number of imidazole rings is 1. The second-order valence-corrected chi connectivity index (χ2v) is 6.08. The number of Topliss-reactive ketones (excluding diaryl/α,β-unsaturated/α-hetero) is 1. The van der Waals surface area contributed by atoms with Crippen LogP contribution in [0.5, 0.6) is 0 Å². The van der Waals surface area contributed by atoms with Gasteiger partial charge in [0.1, 0.15) is 17.5 Å². The number of hydrogen-bond acceptors (Lipinski definition) is 4. The zero-order chi connectivity index (χ0) is 16.8. The van der Waals surface area contributed by atoms with E-state index in [0.717, 1.165) is 16.7 Å². The molecule has 0 saturated heterocycles. The van der Waals surface area contributed by atoms with Gasteiger partial charge < -0.3 is 11.5 Å². The number of carbonyl (C=O) groups excluding carboxylic acids is 1. The van der Waals surface area contributed by atoms with E-state index in [1.54, 1.807) is 10.5 Å². The highest BCUT2D eigenvalue weighted by atomic mass is 19.1. The van der Waals surface area contributed by atoms with E-state index in [1.807, 2.05) is 36.5 Å². The van der Waals surface area contributed by atoms with Gasteiger partial charge in [-0.3, -0.25) is 9.20 Å². The molecule has 2 aromatic heterocycles. The van der Waals surface area contributed by atoms with Crippen molar-refractivity contribution in [1.29, 1.82) is 0 Å². The van der Waals surface area contributed by atoms with Crippen molar-refractivity contribution in [3.8, 4) is 11.1 Å². The Balaban J connectivity index is 1.87. The molecule has 3 aromatic rings. The van der Waals surface area contributed by atoms with Crippen LogP contribution in [0.1, 0.15) is 22.5 Å². The summed E-state index contributed by atoms with van der Waals surface area (Å²) in [6.45, 7) is 0.414. The van der Waals surface area contributed by atoms with E-state index in [-0.39, 0.29) is 23.7 Å². The molecule has 4 N–H and O–H groups in total. The third kappa shape index (κ3) is 2.27. The molecule has 6 heteroatoms. The van der Waals surface area contributed by atoms with Gasteiger partial charge in [0, 0.05) is 12.7 Å². The fourth-order valence-electron chi connectivity index (χ4n) is 3.06. The van der Waals surface area contributed by atoms with Gasteiger partial charge in [-0.15, -0.1) is 0 Å². The third-order valence-electron chi connectivity index (χ3n) is 4.48. The van der Waals surface area contributed by atoms with Crippen molar-refractivity contribution in [2.24, 2.45) is 11.7 Å². The average Bonchev–Trinajstić information content (AvgIpc) is 3.23. The third-order valence-corrected chi connectivity index (χ3v) is 4.48. The summed E-state index contributed by atoms with van der Waals surface area (Å²) < 4.78 is 14.9. The summed E-state index contributed by atoms with van der Waals surface area (Å²) in [5.41, 5.74) is 15.5. The first-order valence-corrected chi connectivity index (χ1v) is 7.84. The molecule has 0 bridgehead atoms. The van der Waals surface area contributed by atoms with E-state index in [4.69, 9.17) is 11.5 Å². The number of hydrogen-bond donors (Lipinski definition) is 2. The van der Waals surface area contributed by atoms with Gasteiger partial charge >= 0.3 is 0 Å². The second-order valence-electron chi connectivity index (χ2n) is 6.08. The molecule has 1 aliphatic rings. The number of fused-ring (bicyclic) bond motifs is 1. The zero-order valence-corrected chi connectivity index (χ0v) is 12.9. The van der Waals surface area contributed by atoms with Crippen LogP contribution in [-0.2, 0) is 6.54 Å². The standard InChI is InChI=1S/C18H17FN4O/c19-14-7-13(14)17(24)16-18(21)22-15-6-5-11(9-23(15)16)12-4-2-1-3-10(12)8-20/h1-6,9,13-14H,7-8,20-21H2/t13-,14+/m1/s1. The van der Waals surface area contributed by atoms with Gasteiger partial charge in [-0.05, 0) is 35.2 Å². The summed E-state index contributed by atoms with van der Waals surface area (Å²) >= 11 is 0. The first kappa shape index (κ1) is 14.8. The maximum absolute atomic E-state index is 13.3. The second kappa shape index (κ2) is 5.42. The van der Waals surface area contributed by atoms with Gasteiger partial charge in [0.05, 0.1) is 5.92 Å². The summed E-state index contributed by atoms with van der Waals surface area (Å²) in [7, 11) is 0. The first-order chi connectivity index (χ1) is 11.6. The molecular weight excluding hydrogens is 307 g/mol. The van der Waals surface area contributed by atoms with Crippen LogP contribution >= 0.6 is 0 Å². The van der Waals surface area contributed by atoms with Crippen molar-refractivity contribution < 1.29 is 9.18 Å². The molecule has 1 saturated carbocycles. The van der Waals surface area contributed by atoms with Crippen molar-refractivity contribution in [3.63, 3.8) is 0 Å². The van der Waals surface area contributed by atoms with E-state index in [1.165, 1.54) is 0 Å². The number of alkyl halides is 1. The number of aromatic nitrogens is 2. The maximum atomic E-state index is 13.3. The summed E-state index contributed by atoms with van der Waals surface area (Å²) in [6, 6.07) is 11.5. The van der Waals surface area contributed by atoms with Crippen molar-refractivity contribution in [3.05, 3.63) is 53.9 Å². The number of nitrogen functional groups attached to an aromatic ring is 1. The number of nitrogens with two attached hydrogens (primary N) is 2. The fraction of sp³-hybridized carbons (Fsp3) is 0.222. The number of pyridine rings is 1. The number of benzene rings is 1. The lowest BCUT2D eigenvalue weighted by atomic mass is 10.0. The molecule has 0 aliphatic heterocycles. The number of ketones is 1. The molecule has 1 aliphatic carbocycles. The van der Waals surface area contributed by atoms with Gasteiger partial charge in [-0.1, -0.05) is 24.3 Å². The van der Waals surface area contributed by atoms with Gasteiger partial charge in [0.2, 0.25) is 0 Å². The normalized spacial score (nSPS) is 19.6. The van der Waals surface area contributed by atoms with E-state index in [2.05, 4.69) is 4.98 Å². The van der Waals surface area contributed by atoms with Gasteiger partial charge in [0.25, 0.3) is 0 Å². The van der Waals surface area contributed by atoms with Crippen LogP contribution in [0.25, 0.3) is 16.8 Å². The number of rotatable bonds is 4. The van der Waals surface area contributed by atoms with Crippen LogP contribution in [0.2, 0.25) is 0 Å². The first-order valence-electron chi connectivity index (χ1n) is 7.84. The van der Waals surface area contributed by atoms with Crippen LogP contribution in [0, 0.1) is 5.92 Å². The van der Waals surface area contributed by atoms with Crippen LogP contribution in [-0.4, -0.2) is 21.3 Å². The molecule has 4 rings (SSSR count). The number of anilines is 1. The smallest absolute Gasteiger partial charge is 0.189 e. The van der Waals surface area contributed by atoms with Crippen LogP contribution in [0.3, 0.4) is 0 Å². The predicted molar refractivity (Wildman–Crippen MR) is 90.3 cm³/mol. The van der Waals surface area contributed by atoms with Gasteiger partial charge in [-0.25, -0.2) is 9.37 Å². The predicted octanol–water partition coefficient (Wildman–Crippen LogP) is 2.58. The van der Waals surface area contributed by atoms with E-state index in [0.29, 0.717) is 12.2 Å². The van der Waals surface area contributed by atoms with Crippen molar-refractivity contribution in [1.82, 2.24) is 9.38 Å². The van der Waals surface area contributed by atoms with E-state index < -0.39 is 12.1 Å². The molecule has 0 amide bonds. The Morgan fingerprint density at radius 2 is 2.04 bits per heavy atom. The summed E-state index contributed by atoms with van der Waals surface area (Å²) in [5.74, 6) is -0.729. The lowest BCUT2D eigenvalue weighted by molar-refractivity contribution is 0.0952. The summed E-state index contributed by atoms with van der Waals surface area (Å²) in [6.07, 6.45) is 1.01. The Labute approximate surface area is 138 Å². The minimum Gasteiger partial charge on any atom is -0.382 e. The van der Waals surface area contributed by atoms with Crippen molar-refractivity contribution >= 4 is 17.2 Å². The minimum absolute atomic E-state index is 0.142. The molecule has 2 heterocycles. The lowest BCUT2D eigenvalue weighted by Gasteiger charge is -2.09. The van der Waals surface area contributed by atoms with Crippen molar-refractivity contribution in [2.75, 3.05) is 5.73 Å². The molecule has 24 heavy (non-hydrogen) atoms. The van der Waals surface area contributed by atoms with Crippen molar-refractivity contribution in [2.45, 2.75) is 19.1 Å². The zero-order valence-electron chi connectivity index (χ0n) is 12.9. The molecule has 0 spiro atoms. The molecule has 1 aromatic carbocycles. The van der Waals surface area contributed by atoms with Gasteiger partial charge in [-0.2, -0.15) is 0 Å². The largest absolute Gasteiger partial charge is 0.382 e. The average molecular weight is 324 g/mol. The quantitative estimate of drug-likeness (QED) is 0.722. The number of carbonyl (C=O) groups is 1. The molecule has 0 unspecified atom stereocenters. The van der Waals surface area contributed by atoms with E-state index in [9.17, 15) is 9.18 Å². The monoisotopic (exact) mass is 324 g/mol. The Morgan fingerprint density at radius 3 is 2.75 bits per heavy atom. The van der Waals surface area contributed by atoms with E-state index >= 15 is 0 Å². The fourth-order valence-corrected chi connectivity index (χ4v) is 3.06. The SMILES string of the molecule is NCc1ccccc1-c1ccc2nc(N)c(C(=O)[C@@H]3C[C@@H]3F)n2c1. The number of halogens is 1. The van der Waals surface area contributed by atoms with Crippen LogP contribution in [0.4, 0.5) is 10.2 Å². The van der Waals surface area contributed by atoms with Crippen LogP contribution < -0.4 is 11.5 Å². The highest BCUT2D eigenvalue weighted by Crippen LogP contribution is 2.38. The molecule has 122 valence electrons. The Bertz CT molecular complexity index is 949.